The van der Waals surface area contributed by atoms with Crippen molar-refractivity contribution in [1.82, 2.24) is 9.55 Å². The van der Waals surface area contributed by atoms with Crippen LogP contribution in [0, 0.1) is 25.2 Å². The number of rotatable bonds is 2. The van der Waals surface area contributed by atoms with E-state index < -0.39 is 18.2 Å². The monoisotopic (exact) mass is 448 g/mol. The van der Waals surface area contributed by atoms with Crippen LogP contribution in [0.3, 0.4) is 0 Å². The molecule has 0 atom stereocenters. The number of alkyl halides is 2. The fourth-order valence-electron chi connectivity index (χ4n) is 3.74. The molecule has 9 heteroatoms. The highest BCUT2D eigenvalue weighted by molar-refractivity contribution is 9.10. The predicted molar refractivity (Wildman–Crippen MR) is 103 cm³/mol. The number of benzene rings is 1. The van der Waals surface area contributed by atoms with Gasteiger partial charge in [0.05, 0.1) is 17.3 Å². The first-order valence-corrected chi connectivity index (χ1v) is 9.10. The van der Waals surface area contributed by atoms with E-state index in [4.69, 9.17) is 15.2 Å². The number of halogens is 3. The molecule has 0 aliphatic carbocycles. The zero-order valence-electron chi connectivity index (χ0n) is 15.2. The second kappa shape index (κ2) is 6.07. The van der Waals surface area contributed by atoms with Crippen LogP contribution in [0.15, 0.2) is 16.7 Å². The molecule has 1 aromatic carbocycles. The molecule has 0 unspecified atom stereocenters. The van der Waals surface area contributed by atoms with E-state index in [1.807, 2.05) is 26.0 Å². The maximum absolute atomic E-state index is 14.2. The maximum Gasteiger partial charge on any atom is 0.326 e. The topological polar surface area (TPSA) is 86.1 Å². The molecule has 2 aromatic heterocycles. The number of nitrogen functional groups attached to an aromatic ring is 1. The van der Waals surface area contributed by atoms with Gasteiger partial charge >= 0.3 is 5.92 Å². The molecule has 0 amide bonds. The maximum atomic E-state index is 14.2. The lowest BCUT2D eigenvalue weighted by atomic mass is 10.1. The molecular weight excluding hydrogens is 434 g/mol. The highest BCUT2D eigenvalue weighted by atomic mass is 79.9. The van der Waals surface area contributed by atoms with Gasteiger partial charge in [-0.05, 0) is 41.4 Å². The Hall–Kier alpha value is -2.86. The van der Waals surface area contributed by atoms with E-state index in [1.54, 1.807) is 4.57 Å². The Balaban J connectivity index is 2.20. The van der Waals surface area contributed by atoms with Gasteiger partial charge in [-0.2, -0.15) is 14.0 Å². The van der Waals surface area contributed by atoms with Crippen LogP contribution in [0.5, 0.6) is 11.5 Å². The van der Waals surface area contributed by atoms with Gasteiger partial charge in [0, 0.05) is 17.1 Å². The number of pyridine rings is 1. The van der Waals surface area contributed by atoms with Gasteiger partial charge < -0.3 is 15.2 Å². The van der Waals surface area contributed by atoms with Gasteiger partial charge in [0.1, 0.15) is 28.7 Å². The molecule has 0 radical (unpaired) electrons. The number of fused-ring (bicyclic) bond motifs is 3. The molecular formula is C19H15BrF2N4O2. The third kappa shape index (κ3) is 2.31. The van der Waals surface area contributed by atoms with Gasteiger partial charge in [-0.1, -0.05) is 0 Å². The summed E-state index contributed by atoms with van der Waals surface area (Å²) in [5, 5.41) is 9.98. The molecule has 3 aromatic rings. The van der Waals surface area contributed by atoms with Gasteiger partial charge in [-0.3, -0.25) is 9.55 Å². The fourth-order valence-corrected chi connectivity index (χ4v) is 4.54. The van der Waals surface area contributed by atoms with Crippen LogP contribution in [-0.4, -0.2) is 23.3 Å². The van der Waals surface area contributed by atoms with Crippen molar-refractivity contribution in [3.05, 3.63) is 39.1 Å². The Labute approximate surface area is 167 Å². The van der Waals surface area contributed by atoms with Crippen LogP contribution in [0.2, 0.25) is 0 Å². The summed E-state index contributed by atoms with van der Waals surface area (Å²) in [5.74, 6) is -2.56. The highest BCUT2D eigenvalue weighted by Gasteiger charge is 2.45. The second-order valence-corrected chi connectivity index (χ2v) is 7.44. The smallest absolute Gasteiger partial charge is 0.326 e. The molecule has 1 aliphatic rings. The number of anilines is 1. The van der Waals surface area contributed by atoms with Gasteiger partial charge in [0.2, 0.25) is 0 Å². The molecule has 1 aliphatic heterocycles. The van der Waals surface area contributed by atoms with Crippen molar-refractivity contribution in [2.75, 3.05) is 19.5 Å². The zero-order valence-corrected chi connectivity index (χ0v) is 16.8. The molecule has 3 heterocycles. The predicted octanol–water partition coefficient (Wildman–Crippen LogP) is 4.35. The van der Waals surface area contributed by atoms with E-state index in [1.165, 1.54) is 13.3 Å². The lowest BCUT2D eigenvalue weighted by molar-refractivity contribution is -0.0243. The van der Waals surface area contributed by atoms with Crippen LogP contribution in [0.25, 0.3) is 16.6 Å². The number of nitriles is 1. The second-order valence-electron chi connectivity index (χ2n) is 6.58. The van der Waals surface area contributed by atoms with Crippen LogP contribution < -0.4 is 15.2 Å². The SMILES string of the molecule is COc1c(Br)cc(C)c(-n2c(N)c(C#N)c3cnc4c(c32)OCC4(F)F)c1C. The minimum absolute atomic E-state index is 0.0589. The number of methoxy groups -OCH3 is 1. The normalized spacial score (nSPS) is 14.6. The van der Waals surface area contributed by atoms with E-state index >= 15 is 0 Å². The first kappa shape index (κ1) is 18.5. The van der Waals surface area contributed by atoms with Crippen molar-refractivity contribution in [2.24, 2.45) is 0 Å². The molecule has 0 spiro atoms. The fraction of sp³-hybridized carbons (Fsp3) is 0.263. The Kier molecular flexibility index (Phi) is 4.01. The van der Waals surface area contributed by atoms with Crippen molar-refractivity contribution in [1.29, 1.82) is 5.26 Å². The van der Waals surface area contributed by atoms with Gasteiger partial charge in [-0.15, -0.1) is 0 Å². The molecule has 144 valence electrons. The average Bonchev–Trinajstić information content (AvgIpc) is 3.09. The summed E-state index contributed by atoms with van der Waals surface area (Å²) in [6, 6.07) is 3.89. The first-order valence-electron chi connectivity index (χ1n) is 8.31. The summed E-state index contributed by atoms with van der Waals surface area (Å²) in [7, 11) is 1.54. The quantitative estimate of drug-likeness (QED) is 0.629. The Morgan fingerprint density at radius 3 is 2.79 bits per heavy atom. The van der Waals surface area contributed by atoms with Crippen molar-refractivity contribution < 1.29 is 18.3 Å². The molecule has 28 heavy (non-hydrogen) atoms. The third-order valence-corrected chi connectivity index (χ3v) is 5.50. The Bertz CT molecular complexity index is 1200. The van der Waals surface area contributed by atoms with Crippen molar-refractivity contribution in [2.45, 2.75) is 19.8 Å². The van der Waals surface area contributed by atoms with E-state index in [-0.39, 0.29) is 17.1 Å². The summed E-state index contributed by atoms with van der Waals surface area (Å²) in [6.45, 7) is 2.89. The van der Waals surface area contributed by atoms with Crippen molar-refractivity contribution in [3.63, 3.8) is 0 Å². The largest absolute Gasteiger partial charge is 0.495 e. The van der Waals surface area contributed by atoms with Gasteiger partial charge in [-0.25, -0.2) is 0 Å². The number of aromatic nitrogens is 2. The van der Waals surface area contributed by atoms with E-state index in [2.05, 4.69) is 20.9 Å². The molecule has 0 saturated heterocycles. The summed E-state index contributed by atoms with van der Waals surface area (Å²) in [4.78, 5) is 3.86. The number of hydrogen-bond acceptors (Lipinski definition) is 5. The summed E-state index contributed by atoms with van der Waals surface area (Å²) < 4.78 is 41.5. The molecule has 0 bridgehead atoms. The summed E-state index contributed by atoms with van der Waals surface area (Å²) >= 11 is 3.46. The molecule has 2 N–H and O–H groups in total. The van der Waals surface area contributed by atoms with Gasteiger partial charge in [0.15, 0.2) is 18.1 Å². The minimum Gasteiger partial charge on any atom is -0.495 e. The summed E-state index contributed by atoms with van der Waals surface area (Å²) in [6.07, 6.45) is 1.25. The molecule has 4 rings (SSSR count). The first-order chi connectivity index (χ1) is 13.2. The lowest BCUT2D eigenvalue weighted by Crippen LogP contribution is -2.15. The Morgan fingerprint density at radius 1 is 1.43 bits per heavy atom. The third-order valence-electron chi connectivity index (χ3n) is 4.91. The number of ether oxygens (including phenoxy) is 2. The van der Waals surface area contributed by atoms with Crippen LogP contribution in [-0.2, 0) is 5.92 Å². The Morgan fingerprint density at radius 2 is 2.14 bits per heavy atom. The van der Waals surface area contributed by atoms with Crippen molar-refractivity contribution in [3.8, 4) is 23.3 Å². The lowest BCUT2D eigenvalue weighted by Gasteiger charge is -2.19. The van der Waals surface area contributed by atoms with Gasteiger partial charge in [0.25, 0.3) is 0 Å². The number of nitrogens with two attached hydrogens (primary N) is 1. The number of hydrogen-bond donors (Lipinski definition) is 1. The molecule has 6 nitrogen and oxygen atoms in total. The van der Waals surface area contributed by atoms with E-state index in [9.17, 15) is 14.0 Å². The van der Waals surface area contributed by atoms with Crippen LogP contribution >= 0.6 is 15.9 Å². The number of aryl methyl sites for hydroxylation is 1. The minimum atomic E-state index is -3.21. The van der Waals surface area contributed by atoms with Crippen LogP contribution in [0.1, 0.15) is 22.4 Å². The molecule has 0 saturated carbocycles. The highest BCUT2D eigenvalue weighted by Crippen LogP contribution is 2.48. The molecule has 0 fully saturated rings. The van der Waals surface area contributed by atoms with E-state index in [0.29, 0.717) is 22.3 Å². The van der Waals surface area contributed by atoms with Crippen LogP contribution in [0.4, 0.5) is 14.6 Å². The number of nitrogens with zero attached hydrogens (tertiary/aromatic N) is 3. The average molecular weight is 449 g/mol. The van der Waals surface area contributed by atoms with Crippen molar-refractivity contribution >= 4 is 32.7 Å². The standard InChI is InChI=1S/C19H15BrF2N4O2/c1-8-4-12(20)15(27-3)9(2)13(8)26-14-11(10(5-23)18(26)24)6-25-17-16(14)28-7-19(17,21)22/h4,6H,7,24H2,1-3H3. The zero-order chi connectivity index (χ0) is 20.4. The summed E-state index contributed by atoms with van der Waals surface area (Å²) in [5.41, 5.74) is 8.49. The van der Waals surface area contributed by atoms with E-state index in [0.717, 1.165) is 15.6 Å².